The number of aromatic nitrogens is 4. The van der Waals surface area contributed by atoms with Crippen LogP contribution >= 0.6 is 0 Å². The molecule has 0 aromatic carbocycles. The van der Waals surface area contributed by atoms with Crippen molar-refractivity contribution in [2.24, 2.45) is 7.05 Å². The van der Waals surface area contributed by atoms with Crippen LogP contribution in [0.4, 0.5) is 5.69 Å². The molecule has 0 spiro atoms. The van der Waals surface area contributed by atoms with Gasteiger partial charge in [-0.1, -0.05) is 13.8 Å². The van der Waals surface area contributed by atoms with Crippen LogP contribution < -0.4 is 5.32 Å². The van der Waals surface area contributed by atoms with E-state index < -0.39 is 0 Å². The highest BCUT2D eigenvalue weighted by Gasteiger charge is 2.11. The maximum absolute atomic E-state index is 4.46. The molecule has 18 heavy (non-hydrogen) atoms. The second kappa shape index (κ2) is 5.16. The van der Waals surface area contributed by atoms with Gasteiger partial charge in [0.05, 0.1) is 23.6 Å². The molecular weight excluding hydrogens is 226 g/mol. The maximum atomic E-state index is 4.46. The minimum atomic E-state index is 0.404. The van der Waals surface area contributed by atoms with Gasteiger partial charge in [0.2, 0.25) is 0 Å². The summed E-state index contributed by atoms with van der Waals surface area (Å²) in [4.78, 5) is 8.46. The second-order valence-electron chi connectivity index (χ2n) is 4.71. The minimum Gasteiger partial charge on any atom is -0.377 e. The predicted octanol–water partition coefficient (Wildman–Crippen LogP) is 2.25. The van der Waals surface area contributed by atoms with Crippen LogP contribution in [0.1, 0.15) is 37.0 Å². The van der Waals surface area contributed by atoms with Crippen LogP contribution in [0.25, 0.3) is 0 Å². The van der Waals surface area contributed by atoms with Gasteiger partial charge in [0, 0.05) is 19.4 Å². The first-order valence-corrected chi connectivity index (χ1v) is 6.12. The van der Waals surface area contributed by atoms with Crippen molar-refractivity contribution in [2.45, 2.75) is 33.2 Å². The molecule has 2 aromatic heterocycles. The van der Waals surface area contributed by atoms with Crippen molar-refractivity contribution < 1.29 is 0 Å². The normalized spacial score (nSPS) is 10.9. The van der Waals surface area contributed by atoms with Gasteiger partial charge < -0.3 is 5.32 Å². The van der Waals surface area contributed by atoms with E-state index in [0.717, 1.165) is 22.9 Å². The largest absolute Gasteiger partial charge is 0.377 e. The van der Waals surface area contributed by atoms with Crippen LogP contribution in [0.5, 0.6) is 0 Å². The molecule has 0 radical (unpaired) electrons. The van der Waals surface area contributed by atoms with Crippen molar-refractivity contribution in [3.63, 3.8) is 0 Å². The summed E-state index contributed by atoms with van der Waals surface area (Å²) >= 11 is 0. The average Bonchev–Trinajstić information content (AvgIpc) is 2.68. The molecule has 0 unspecified atom stereocenters. The summed E-state index contributed by atoms with van der Waals surface area (Å²) < 4.78 is 1.84. The first kappa shape index (κ1) is 12.5. The molecule has 5 heteroatoms. The Labute approximate surface area is 107 Å². The van der Waals surface area contributed by atoms with Gasteiger partial charge in [0.15, 0.2) is 0 Å². The maximum Gasteiger partial charge on any atom is 0.125 e. The number of rotatable bonds is 4. The van der Waals surface area contributed by atoms with Gasteiger partial charge in [-0.05, 0) is 18.9 Å². The van der Waals surface area contributed by atoms with Gasteiger partial charge in [-0.3, -0.25) is 4.68 Å². The molecule has 0 saturated carbocycles. The minimum absolute atomic E-state index is 0.404. The summed E-state index contributed by atoms with van der Waals surface area (Å²) in [5, 5.41) is 7.85. The first-order chi connectivity index (χ1) is 8.56. The SMILES string of the molecule is Cc1nccc(CNc2cn(C)nc2C(C)C)n1. The molecule has 2 rings (SSSR count). The third kappa shape index (κ3) is 2.85. The Morgan fingerprint density at radius 3 is 2.83 bits per heavy atom. The van der Waals surface area contributed by atoms with E-state index in [4.69, 9.17) is 0 Å². The summed E-state index contributed by atoms with van der Waals surface area (Å²) in [5.41, 5.74) is 3.15. The molecule has 2 aromatic rings. The Morgan fingerprint density at radius 1 is 1.39 bits per heavy atom. The number of nitrogens with one attached hydrogen (secondary N) is 1. The highest BCUT2D eigenvalue weighted by Crippen LogP contribution is 2.22. The molecule has 0 aliphatic rings. The number of anilines is 1. The molecule has 0 bridgehead atoms. The molecular formula is C13H19N5. The lowest BCUT2D eigenvalue weighted by Crippen LogP contribution is -2.04. The average molecular weight is 245 g/mol. The summed E-state index contributed by atoms with van der Waals surface area (Å²) in [6.45, 7) is 6.87. The third-order valence-corrected chi connectivity index (χ3v) is 2.70. The van der Waals surface area contributed by atoms with Crippen LogP contribution in [-0.4, -0.2) is 19.7 Å². The highest BCUT2D eigenvalue weighted by molar-refractivity contribution is 5.47. The van der Waals surface area contributed by atoms with E-state index in [-0.39, 0.29) is 0 Å². The molecule has 0 atom stereocenters. The standard InChI is InChI=1S/C13H19N5/c1-9(2)13-12(8-18(4)17-13)15-7-11-5-6-14-10(3)16-11/h5-6,8-9,15H,7H2,1-4H3. The number of hydrogen-bond acceptors (Lipinski definition) is 4. The van der Waals surface area contributed by atoms with E-state index in [1.54, 1.807) is 6.20 Å². The summed E-state index contributed by atoms with van der Waals surface area (Å²) in [6, 6.07) is 1.92. The van der Waals surface area contributed by atoms with Gasteiger partial charge in [0.1, 0.15) is 5.82 Å². The van der Waals surface area contributed by atoms with Crippen molar-refractivity contribution in [1.29, 1.82) is 0 Å². The van der Waals surface area contributed by atoms with Crippen molar-refractivity contribution in [3.8, 4) is 0 Å². The zero-order valence-corrected chi connectivity index (χ0v) is 11.3. The Hall–Kier alpha value is -1.91. The van der Waals surface area contributed by atoms with Crippen molar-refractivity contribution >= 4 is 5.69 Å². The van der Waals surface area contributed by atoms with E-state index in [0.29, 0.717) is 12.5 Å². The van der Waals surface area contributed by atoms with Crippen molar-refractivity contribution in [2.75, 3.05) is 5.32 Å². The van der Waals surface area contributed by atoms with Gasteiger partial charge in [-0.15, -0.1) is 0 Å². The second-order valence-corrected chi connectivity index (χ2v) is 4.71. The quantitative estimate of drug-likeness (QED) is 0.897. The van der Waals surface area contributed by atoms with Crippen molar-refractivity contribution in [1.82, 2.24) is 19.7 Å². The molecule has 0 amide bonds. The number of hydrogen-bond donors (Lipinski definition) is 1. The smallest absolute Gasteiger partial charge is 0.125 e. The van der Waals surface area contributed by atoms with E-state index in [2.05, 4.69) is 34.2 Å². The predicted molar refractivity (Wildman–Crippen MR) is 71.4 cm³/mol. The highest BCUT2D eigenvalue weighted by atomic mass is 15.3. The zero-order valence-electron chi connectivity index (χ0n) is 11.3. The van der Waals surface area contributed by atoms with Gasteiger partial charge in [-0.25, -0.2) is 9.97 Å². The Bertz CT molecular complexity index is 530. The van der Waals surface area contributed by atoms with Gasteiger partial charge in [-0.2, -0.15) is 5.10 Å². The third-order valence-electron chi connectivity index (χ3n) is 2.70. The number of aryl methyl sites for hydroxylation is 2. The van der Waals surface area contributed by atoms with Crippen LogP contribution in [0.3, 0.4) is 0 Å². The van der Waals surface area contributed by atoms with E-state index in [1.165, 1.54) is 0 Å². The van der Waals surface area contributed by atoms with Gasteiger partial charge in [0.25, 0.3) is 0 Å². The zero-order chi connectivity index (χ0) is 13.1. The van der Waals surface area contributed by atoms with Crippen LogP contribution in [0, 0.1) is 6.92 Å². The molecule has 1 N–H and O–H groups in total. The summed E-state index contributed by atoms with van der Waals surface area (Å²) in [6.07, 6.45) is 3.79. The fraction of sp³-hybridized carbons (Fsp3) is 0.462. The fourth-order valence-corrected chi connectivity index (χ4v) is 1.86. The molecule has 0 fully saturated rings. The number of nitrogens with zero attached hydrogens (tertiary/aromatic N) is 4. The Morgan fingerprint density at radius 2 is 2.17 bits per heavy atom. The Balaban J connectivity index is 2.10. The molecule has 2 heterocycles. The Kier molecular flexibility index (Phi) is 3.60. The molecule has 0 aliphatic carbocycles. The molecule has 96 valence electrons. The first-order valence-electron chi connectivity index (χ1n) is 6.12. The summed E-state index contributed by atoms with van der Waals surface area (Å²) in [7, 11) is 1.94. The van der Waals surface area contributed by atoms with E-state index >= 15 is 0 Å². The molecule has 0 saturated heterocycles. The van der Waals surface area contributed by atoms with Gasteiger partial charge >= 0.3 is 0 Å². The lowest BCUT2D eigenvalue weighted by atomic mass is 10.1. The molecule has 5 nitrogen and oxygen atoms in total. The van der Waals surface area contributed by atoms with Crippen molar-refractivity contribution in [3.05, 3.63) is 35.7 Å². The van der Waals surface area contributed by atoms with E-state index in [9.17, 15) is 0 Å². The van der Waals surface area contributed by atoms with Crippen LogP contribution in [0.15, 0.2) is 18.5 Å². The monoisotopic (exact) mass is 245 g/mol. The molecule has 0 aliphatic heterocycles. The lowest BCUT2D eigenvalue weighted by molar-refractivity contribution is 0.713. The summed E-state index contributed by atoms with van der Waals surface area (Å²) in [5.74, 6) is 1.20. The van der Waals surface area contributed by atoms with Crippen LogP contribution in [-0.2, 0) is 13.6 Å². The topological polar surface area (TPSA) is 55.6 Å². The fourth-order valence-electron chi connectivity index (χ4n) is 1.86. The van der Waals surface area contributed by atoms with E-state index in [1.807, 2.05) is 30.9 Å². The van der Waals surface area contributed by atoms with Crippen LogP contribution in [0.2, 0.25) is 0 Å². The lowest BCUT2D eigenvalue weighted by Gasteiger charge is -2.08.